The van der Waals surface area contributed by atoms with Gasteiger partial charge in [-0.2, -0.15) is 4.39 Å². The second-order valence-electron chi connectivity index (χ2n) is 3.76. The minimum absolute atomic E-state index is 0.169. The number of nitrogens with one attached hydrogen (secondary N) is 1. The lowest BCUT2D eigenvalue weighted by molar-refractivity contribution is -0.386. The molecule has 19 heavy (non-hydrogen) atoms. The fourth-order valence-corrected chi connectivity index (χ4v) is 2.27. The molecule has 0 saturated heterocycles. The Bertz CT molecular complexity index is 630. The molecular weight excluding hydrogens is 276 g/mol. The van der Waals surface area contributed by atoms with Crippen LogP contribution in [0.1, 0.15) is 9.88 Å². The third-order valence-electron chi connectivity index (χ3n) is 2.31. The lowest BCUT2D eigenvalue weighted by Gasteiger charge is -2.06. The van der Waals surface area contributed by atoms with Crippen LogP contribution in [0.4, 0.5) is 20.2 Å². The van der Waals surface area contributed by atoms with E-state index in [-0.39, 0.29) is 12.2 Å². The van der Waals surface area contributed by atoms with Gasteiger partial charge in [-0.05, 0) is 6.92 Å². The molecule has 2 aromatic rings. The van der Waals surface area contributed by atoms with Gasteiger partial charge in [-0.15, -0.1) is 11.3 Å². The summed E-state index contributed by atoms with van der Waals surface area (Å²) in [6, 6.07) is 1.37. The van der Waals surface area contributed by atoms with E-state index >= 15 is 0 Å². The van der Waals surface area contributed by atoms with Gasteiger partial charge in [-0.1, -0.05) is 0 Å². The molecule has 1 N–H and O–H groups in total. The van der Waals surface area contributed by atoms with Crippen LogP contribution in [0.25, 0.3) is 0 Å². The summed E-state index contributed by atoms with van der Waals surface area (Å²) in [5.74, 6) is -2.08. The molecule has 0 spiro atoms. The van der Waals surface area contributed by atoms with Crippen molar-refractivity contribution in [3.05, 3.63) is 50.0 Å². The Labute approximate surface area is 111 Å². The minimum Gasteiger partial charge on any atom is -0.373 e. The number of hydrogen-bond donors (Lipinski definition) is 1. The SMILES string of the molecule is Cc1cnc(CNc2cc(F)cc(F)c2[N+](=O)[O-])s1. The molecule has 0 saturated carbocycles. The van der Waals surface area contributed by atoms with Gasteiger partial charge in [0.1, 0.15) is 16.5 Å². The largest absolute Gasteiger partial charge is 0.373 e. The fraction of sp³-hybridized carbons (Fsp3) is 0.182. The monoisotopic (exact) mass is 285 g/mol. The third-order valence-corrected chi connectivity index (χ3v) is 3.22. The maximum Gasteiger partial charge on any atom is 0.327 e. The van der Waals surface area contributed by atoms with Crippen LogP contribution in [-0.4, -0.2) is 9.91 Å². The maximum atomic E-state index is 13.4. The number of hydrogen-bond acceptors (Lipinski definition) is 5. The third kappa shape index (κ3) is 3.02. The van der Waals surface area contributed by atoms with Gasteiger partial charge in [0, 0.05) is 23.2 Å². The molecule has 1 aromatic heterocycles. The Balaban J connectivity index is 2.26. The molecule has 0 unspecified atom stereocenters. The molecule has 0 aliphatic rings. The van der Waals surface area contributed by atoms with Crippen molar-refractivity contribution < 1.29 is 13.7 Å². The summed E-state index contributed by atoms with van der Waals surface area (Å²) >= 11 is 1.40. The van der Waals surface area contributed by atoms with Crippen molar-refractivity contribution >= 4 is 22.7 Å². The van der Waals surface area contributed by atoms with E-state index in [4.69, 9.17) is 0 Å². The van der Waals surface area contributed by atoms with E-state index in [9.17, 15) is 18.9 Å². The lowest BCUT2D eigenvalue weighted by Crippen LogP contribution is -2.04. The van der Waals surface area contributed by atoms with Gasteiger partial charge in [0.25, 0.3) is 0 Å². The number of nitrogens with zero attached hydrogens (tertiary/aromatic N) is 2. The molecule has 0 fully saturated rings. The summed E-state index contributed by atoms with van der Waals surface area (Å²) in [6.07, 6.45) is 1.66. The molecule has 100 valence electrons. The molecule has 0 bridgehead atoms. The zero-order valence-electron chi connectivity index (χ0n) is 9.81. The molecule has 0 aliphatic heterocycles. The number of rotatable bonds is 4. The van der Waals surface area contributed by atoms with Crippen LogP contribution in [0.15, 0.2) is 18.3 Å². The smallest absolute Gasteiger partial charge is 0.327 e. The highest BCUT2D eigenvalue weighted by atomic mass is 32.1. The van der Waals surface area contributed by atoms with Crippen molar-refractivity contribution in [3.63, 3.8) is 0 Å². The zero-order chi connectivity index (χ0) is 14.0. The van der Waals surface area contributed by atoms with Gasteiger partial charge in [0.15, 0.2) is 0 Å². The number of nitro groups is 1. The maximum absolute atomic E-state index is 13.4. The Morgan fingerprint density at radius 1 is 1.47 bits per heavy atom. The van der Waals surface area contributed by atoms with Crippen LogP contribution in [0.2, 0.25) is 0 Å². The molecule has 0 radical (unpaired) electrons. The number of benzene rings is 1. The lowest BCUT2D eigenvalue weighted by atomic mass is 10.2. The van der Waals surface area contributed by atoms with Crippen molar-refractivity contribution in [2.75, 3.05) is 5.32 Å². The normalized spacial score (nSPS) is 10.5. The van der Waals surface area contributed by atoms with E-state index in [2.05, 4.69) is 10.3 Å². The quantitative estimate of drug-likeness (QED) is 0.691. The summed E-state index contributed by atoms with van der Waals surface area (Å²) in [6.45, 7) is 2.04. The molecule has 0 aliphatic carbocycles. The van der Waals surface area contributed by atoms with Crippen molar-refractivity contribution in [2.24, 2.45) is 0 Å². The number of nitro benzene ring substituents is 1. The highest BCUT2D eigenvalue weighted by Crippen LogP contribution is 2.29. The van der Waals surface area contributed by atoms with Crippen molar-refractivity contribution in [1.82, 2.24) is 4.98 Å². The van der Waals surface area contributed by atoms with E-state index in [0.717, 1.165) is 10.9 Å². The number of halogens is 2. The van der Waals surface area contributed by atoms with Crippen LogP contribution in [0.3, 0.4) is 0 Å². The van der Waals surface area contributed by atoms with Gasteiger partial charge < -0.3 is 5.32 Å². The molecular formula is C11H9F2N3O2S. The minimum atomic E-state index is -1.21. The van der Waals surface area contributed by atoms with Gasteiger partial charge in [0.2, 0.25) is 5.82 Å². The highest BCUT2D eigenvalue weighted by molar-refractivity contribution is 7.11. The van der Waals surface area contributed by atoms with E-state index in [1.807, 2.05) is 6.92 Å². The summed E-state index contributed by atoms with van der Waals surface area (Å²) in [7, 11) is 0. The van der Waals surface area contributed by atoms with E-state index in [1.165, 1.54) is 11.3 Å². The molecule has 5 nitrogen and oxygen atoms in total. The van der Waals surface area contributed by atoms with Crippen LogP contribution in [-0.2, 0) is 6.54 Å². The second-order valence-corrected chi connectivity index (χ2v) is 5.08. The number of aryl methyl sites for hydroxylation is 1. The summed E-state index contributed by atoms with van der Waals surface area (Å²) in [4.78, 5) is 14.9. The molecule has 0 amide bonds. The topological polar surface area (TPSA) is 68.1 Å². The van der Waals surface area contributed by atoms with Gasteiger partial charge in [0.05, 0.1) is 11.5 Å². The fourth-order valence-electron chi connectivity index (χ4n) is 1.54. The van der Waals surface area contributed by atoms with E-state index in [0.29, 0.717) is 11.1 Å². The zero-order valence-corrected chi connectivity index (χ0v) is 10.6. The number of anilines is 1. The first kappa shape index (κ1) is 13.3. The average molecular weight is 285 g/mol. The predicted molar refractivity (Wildman–Crippen MR) is 67.2 cm³/mol. The first-order chi connectivity index (χ1) is 8.97. The van der Waals surface area contributed by atoms with Gasteiger partial charge >= 0.3 is 5.69 Å². The van der Waals surface area contributed by atoms with Gasteiger partial charge in [-0.3, -0.25) is 10.1 Å². The Morgan fingerprint density at radius 2 is 2.21 bits per heavy atom. The predicted octanol–water partition coefficient (Wildman–Crippen LogP) is 3.25. The number of aromatic nitrogens is 1. The number of thiazole rings is 1. The van der Waals surface area contributed by atoms with Crippen LogP contribution < -0.4 is 5.32 Å². The summed E-state index contributed by atoms with van der Waals surface area (Å²) in [5, 5.41) is 14.1. The van der Waals surface area contributed by atoms with Crippen molar-refractivity contribution in [2.45, 2.75) is 13.5 Å². The Hall–Kier alpha value is -2.09. The van der Waals surface area contributed by atoms with E-state index < -0.39 is 22.2 Å². The first-order valence-electron chi connectivity index (χ1n) is 5.26. The molecule has 1 aromatic carbocycles. The van der Waals surface area contributed by atoms with Crippen molar-refractivity contribution in [1.29, 1.82) is 0 Å². The van der Waals surface area contributed by atoms with E-state index in [1.54, 1.807) is 6.20 Å². The molecule has 1 heterocycles. The first-order valence-corrected chi connectivity index (χ1v) is 6.07. The van der Waals surface area contributed by atoms with Crippen LogP contribution >= 0.6 is 11.3 Å². The summed E-state index contributed by atoms with van der Waals surface area (Å²) in [5.41, 5.74) is -0.968. The van der Waals surface area contributed by atoms with Crippen LogP contribution in [0.5, 0.6) is 0 Å². The highest BCUT2D eigenvalue weighted by Gasteiger charge is 2.21. The van der Waals surface area contributed by atoms with Crippen molar-refractivity contribution in [3.8, 4) is 0 Å². The Morgan fingerprint density at radius 3 is 2.79 bits per heavy atom. The molecule has 2 rings (SSSR count). The second kappa shape index (κ2) is 5.27. The summed E-state index contributed by atoms with van der Waals surface area (Å²) < 4.78 is 26.4. The Kier molecular flexibility index (Phi) is 3.70. The standard InChI is InChI=1S/C11H9F2N3O2S/c1-6-4-15-10(19-6)5-14-9-3-7(12)2-8(13)11(9)16(17)18/h2-4,14H,5H2,1H3. The molecule has 8 heteroatoms. The van der Waals surface area contributed by atoms with Crippen LogP contribution in [0, 0.1) is 28.7 Å². The van der Waals surface area contributed by atoms with Gasteiger partial charge in [-0.25, -0.2) is 9.37 Å². The molecule has 0 atom stereocenters. The average Bonchev–Trinajstić information content (AvgIpc) is 2.71.